The SMILES string of the molecule is CCNC(=NCCCOC)NCCOC1CCCCCC1. The molecule has 1 rings (SSSR count). The van der Waals surface area contributed by atoms with Gasteiger partial charge in [0.2, 0.25) is 0 Å². The van der Waals surface area contributed by atoms with Gasteiger partial charge in [0.25, 0.3) is 0 Å². The van der Waals surface area contributed by atoms with Gasteiger partial charge in [-0.1, -0.05) is 25.7 Å². The van der Waals surface area contributed by atoms with Crippen molar-refractivity contribution >= 4 is 5.96 Å². The molecule has 0 heterocycles. The van der Waals surface area contributed by atoms with Gasteiger partial charge in [-0.05, 0) is 26.2 Å². The normalized spacial score (nSPS) is 17.5. The summed E-state index contributed by atoms with van der Waals surface area (Å²) in [5, 5.41) is 6.58. The highest BCUT2D eigenvalue weighted by molar-refractivity contribution is 5.79. The van der Waals surface area contributed by atoms with Crippen LogP contribution in [0.5, 0.6) is 0 Å². The predicted molar refractivity (Wildman–Crippen MR) is 87.9 cm³/mol. The third-order valence-corrected chi connectivity index (χ3v) is 3.67. The Kier molecular flexibility index (Phi) is 11.2. The van der Waals surface area contributed by atoms with E-state index in [1.807, 2.05) is 0 Å². The molecule has 0 aliphatic heterocycles. The number of hydrogen-bond acceptors (Lipinski definition) is 3. The molecule has 2 N–H and O–H groups in total. The van der Waals surface area contributed by atoms with Gasteiger partial charge < -0.3 is 20.1 Å². The van der Waals surface area contributed by atoms with Crippen molar-refractivity contribution in [1.29, 1.82) is 0 Å². The van der Waals surface area contributed by atoms with Crippen LogP contribution >= 0.6 is 0 Å². The largest absolute Gasteiger partial charge is 0.385 e. The van der Waals surface area contributed by atoms with Gasteiger partial charge in [0.15, 0.2) is 5.96 Å². The Morgan fingerprint density at radius 2 is 1.86 bits per heavy atom. The van der Waals surface area contributed by atoms with E-state index in [0.29, 0.717) is 6.10 Å². The van der Waals surface area contributed by atoms with Gasteiger partial charge in [-0.3, -0.25) is 4.99 Å². The number of ether oxygens (including phenoxy) is 2. The predicted octanol–water partition coefficient (Wildman–Crippen LogP) is 2.32. The molecule has 1 aliphatic carbocycles. The van der Waals surface area contributed by atoms with E-state index >= 15 is 0 Å². The van der Waals surface area contributed by atoms with E-state index in [2.05, 4.69) is 22.5 Å². The minimum Gasteiger partial charge on any atom is -0.385 e. The molecule has 0 aromatic carbocycles. The van der Waals surface area contributed by atoms with Crippen LogP contribution in [0.4, 0.5) is 0 Å². The summed E-state index contributed by atoms with van der Waals surface area (Å²) in [4.78, 5) is 4.51. The number of nitrogens with one attached hydrogen (secondary N) is 2. The van der Waals surface area contributed by atoms with Crippen molar-refractivity contribution in [2.24, 2.45) is 4.99 Å². The highest BCUT2D eigenvalue weighted by atomic mass is 16.5. The molecule has 1 fully saturated rings. The molecule has 1 saturated carbocycles. The van der Waals surface area contributed by atoms with Gasteiger partial charge in [0, 0.05) is 33.4 Å². The van der Waals surface area contributed by atoms with E-state index in [4.69, 9.17) is 9.47 Å². The van der Waals surface area contributed by atoms with Crippen LogP contribution < -0.4 is 10.6 Å². The lowest BCUT2D eigenvalue weighted by Gasteiger charge is -2.16. The smallest absolute Gasteiger partial charge is 0.191 e. The summed E-state index contributed by atoms with van der Waals surface area (Å²) in [6.07, 6.45) is 9.26. The fraction of sp³-hybridized carbons (Fsp3) is 0.938. The van der Waals surface area contributed by atoms with E-state index in [1.54, 1.807) is 7.11 Å². The second kappa shape index (κ2) is 12.9. The van der Waals surface area contributed by atoms with Gasteiger partial charge in [0.1, 0.15) is 0 Å². The lowest BCUT2D eigenvalue weighted by atomic mass is 10.1. The van der Waals surface area contributed by atoms with Crippen LogP contribution in [0.25, 0.3) is 0 Å². The molecule has 0 unspecified atom stereocenters. The van der Waals surface area contributed by atoms with E-state index in [1.165, 1.54) is 38.5 Å². The van der Waals surface area contributed by atoms with E-state index in [9.17, 15) is 0 Å². The van der Waals surface area contributed by atoms with Crippen molar-refractivity contribution in [3.63, 3.8) is 0 Å². The van der Waals surface area contributed by atoms with E-state index in [-0.39, 0.29) is 0 Å². The minimum atomic E-state index is 0.468. The van der Waals surface area contributed by atoms with Crippen LogP contribution in [0.15, 0.2) is 4.99 Å². The van der Waals surface area contributed by atoms with Gasteiger partial charge in [-0.25, -0.2) is 0 Å². The quantitative estimate of drug-likeness (QED) is 0.297. The lowest BCUT2D eigenvalue weighted by molar-refractivity contribution is 0.0468. The average molecular weight is 299 g/mol. The number of rotatable bonds is 9. The standard InChI is InChI=1S/C16H33N3O2/c1-3-17-16(18-11-8-13-20-2)19-12-14-21-15-9-6-4-5-7-10-15/h15H,3-14H2,1-2H3,(H2,17,18,19). The van der Waals surface area contributed by atoms with Crippen LogP contribution in [-0.2, 0) is 9.47 Å². The van der Waals surface area contributed by atoms with Crippen molar-refractivity contribution in [3.8, 4) is 0 Å². The molecule has 0 spiro atoms. The Morgan fingerprint density at radius 3 is 2.52 bits per heavy atom. The van der Waals surface area contributed by atoms with Crippen LogP contribution in [-0.4, -0.2) is 52.0 Å². The summed E-state index contributed by atoms with van der Waals surface area (Å²) in [5.41, 5.74) is 0. The molecule has 0 atom stereocenters. The van der Waals surface area contributed by atoms with Crippen molar-refractivity contribution in [3.05, 3.63) is 0 Å². The van der Waals surface area contributed by atoms with Crippen molar-refractivity contribution in [1.82, 2.24) is 10.6 Å². The fourth-order valence-electron chi connectivity index (χ4n) is 2.55. The maximum absolute atomic E-state index is 5.97. The molecule has 0 saturated heterocycles. The number of nitrogens with zero attached hydrogens (tertiary/aromatic N) is 1. The van der Waals surface area contributed by atoms with Gasteiger partial charge in [0.05, 0.1) is 12.7 Å². The van der Waals surface area contributed by atoms with Gasteiger partial charge >= 0.3 is 0 Å². The number of guanidine groups is 1. The summed E-state index contributed by atoms with van der Waals surface area (Å²) in [5.74, 6) is 0.873. The van der Waals surface area contributed by atoms with Crippen LogP contribution in [0, 0.1) is 0 Å². The molecule has 5 heteroatoms. The Labute approximate surface area is 129 Å². The fourth-order valence-corrected chi connectivity index (χ4v) is 2.55. The Bertz CT molecular complexity index is 264. The Morgan fingerprint density at radius 1 is 1.10 bits per heavy atom. The highest BCUT2D eigenvalue weighted by Crippen LogP contribution is 2.19. The monoisotopic (exact) mass is 299 g/mol. The molecule has 21 heavy (non-hydrogen) atoms. The Hall–Kier alpha value is -0.810. The summed E-state index contributed by atoms with van der Waals surface area (Å²) < 4.78 is 11.0. The third-order valence-electron chi connectivity index (χ3n) is 3.67. The van der Waals surface area contributed by atoms with Gasteiger partial charge in [-0.2, -0.15) is 0 Å². The molecular weight excluding hydrogens is 266 g/mol. The molecule has 124 valence electrons. The first-order valence-electron chi connectivity index (χ1n) is 8.49. The Balaban J connectivity index is 2.13. The number of aliphatic imine (C=N–C) groups is 1. The highest BCUT2D eigenvalue weighted by Gasteiger charge is 2.11. The zero-order valence-electron chi connectivity index (χ0n) is 13.8. The van der Waals surface area contributed by atoms with Crippen LogP contribution in [0.1, 0.15) is 51.9 Å². The first kappa shape index (κ1) is 18.2. The topological polar surface area (TPSA) is 54.9 Å². The van der Waals surface area contributed by atoms with Crippen molar-refractivity contribution < 1.29 is 9.47 Å². The first-order valence-corrected chi connectivity index (χ1v) is 8.49. The maximum atomic E-state index is 5.97. The molecular formula is C16H33N3O2. The maximum Gasteiger partial charge on any atom is 0.191 e. The summed E-state index contributed by atoms with van der Waals surface area (Å²) >= 11 is 0. The number of methoxy groups -OCH3 is 1. The van der Waals surface area contributed by atoms with Crippen LogP contribution in [0.2, 0.25) is 0 Å². The molecule has 0 bridgehead atoms. The molecule has 5 nitrogen and oxygen atoms in total. The van der Waals surface area contributed by atoms with Crippen molar-refractivity contribution in [2.45, 2.75) is 58.0 Å². The lowest BCUT2D eigenvalue weighted by Crippen LogP contribution is -2.39. The first-order chi connectivity index (χ1) is 10.4. The zero-order valence-corrected chi connectivity index (χ0v) is 13.8. The summed E-state index contributed by atoms with van der Waals surface area (Å²) in [6.45, 7) is 6.06. The summed E-state index contributed by atoms with van der Waals surface area (Å²) in [7, 11) is 1.72. The third kappa shape index (κ3) is 9.69. The molecule has 0 amide bonds. The second-order valence-corrected chi connectivity index (χ2v) is 5.52. The van der Waals surface area contributed by atoms with Crippen molar-refractivity contribution in [2.75, 3.05) is 40.0 Å². The minimum absolute atomic E-state index is 0.468. The molecule has 0 aromatic heterocycles. The molecule has 1 aliphatic rings. The van der Waals surface area contributed by atoms with E-state index in [0.717, 1.165) is 45.2 Å². The average Bonchev–Trinajstić information content (AvgIpc) is 2.76. The van der Waals surface area contributed by atoms with E-state index < -0.39 is 0 Å². The number of hydrogen-bond donors (Lipinski definition) is 2. The van der Waals surface area contributed by atoms with Crippen LogP contribution in [0.3, 0.4) is 0 Å². The molecule has 0 aromatic rings. The second-order valence-electron chi connectivity index (χ2n) is 5.52. The molecule has 0 radical (unpaired) electrons. The summed E-state index contributed by atoms with van der Waals surface area (Å²) in [6, 6.07) is 0. The zero-order chi connectivity index (χ0) is 15.2. The van der Waals surface area contributed by atoms with Gasteiger partial charge in [-0.15, -0.1) is 0 Å².